The molecule has 6 nitrogen and oxygen atoms in total. The zero-order valence-corrected chi connectivity index (χ0v) is 12.1. The Balaban J connectivity index is 2.27. The Morgan fingerprint density at radius 1 is 1.44 bits per heavy atom. The summed E-state index contributed by atoms with van der Waals surface area (Å²) in [5.41, 5.74) is 1.70. The fourth-order valence-corrected chi connectivity index (χ4v) is 1.98. The lowest BCUT2D eigenvalue weighted by Gasteiger charge is -2.15. The number of nitrogens with zero attached hydrogens (tertiary/aromatic N) is 3. The van der Waals surface area contributed by atoms with Gasteiger partial charge in [0, 0.05) is 26.0 Å². The molecule has 2 rings (SSSR count). The van der Waals surface area contributed by atoms with Crippen LogP contribution in [0, 0.1) is 6.92 Å². The number of methoxy groups -OCH3 is 2. The van der Waals surface area contributed by atoms with E-state index in [1.165, 1.54) is 0 Å². The second-order valence-electron chi connectivity index (χ2n) is 3.79. The zero-order valence-electron chi connectivity index (χ0n) is 10.5. The quantitative estimate of drug-likeness (QED) is 0.853. The number of fused-ring (bicyclic) bond motifs is 1. The van der Waals surface area contributed by atoms with Gasteiger partial charge in [0.2, 0.25) is 0 Å². The van der Waals surface area contributed by atoms with E-state index in [9.17, 15) is 0 Å². The molecule has 2 aromatic heterocycles. The smallest absolute Gasteiger partial charge is 0.173 e. The van der Waals surface area contributed by atoms with Gasteiger partial charge in [0.05, 0.1) is 17.2 Å². The molecule has 0 aliphatic carbocycles. The summed E-state index contributed by atoms with van der Waals surface area (Å²) in [6.07, 6.45) is 1.42. The zero-order chi connectivity index (χ0) is 13.1. The maximum atomic E-state index is 5.13. The van der Waals surface area contributed by atoms with Crippen molar-refractivity contribution in [1.29, 1.82) is 0 Å². The fraction of sp³-hybridized carbons (Fsp3) is 0.455. The average Bonchev–Trinajstić information content (AvgIpc) is 2.72. The third-order valence-corrected chi connectivity index (χ3v) is 3.09. The molecular formula is C11H15BrN4O2. The molecule has 0 atom stereocenters. The van der Waals surface area contributed by atoms with Gasteiger partial charge in [-0.25, -0.2) is 4.98 Å². The lowest BCUT2D eigenvalue weighted by atomic mass is 10.4. The van der Waals surface area contributed by atoms with E-state index in [1.54, 1.807) is 24.9 Å². The molecule has 0 saturated heterocycles. The van der Waals surface area contributed by atoms with E-state index in [1.807, 2.05) is 13.0 Å². The maximum absolute atomic E-state index is 5.13. The minimum absolute atomic E-state index is 0.299. The average molecular weight is 315 g/mol. The third-order valence-electron chi connectivity index (χ3n) is 2.53. The van der Waals surface area contributed by atoms with E-state index in [0.29, 0.717) is 6.54 Å². The monoisotopic (exact) mass is 314 g/mol. The van der Waals surface area contributed by atoms with Crippen molar-refractivity contribution >= 4 is 27.4 Å². The summed E-state index contributed by atoms with van der Waals surface area (Å²) in [5, 5.41) is 7.49. The third kappa shape index (κ3) is 2.63. The van der Waals surface area contributed by atoms with Crippen molar-refractivity contribution in [2.45, 2.75) is 13.2 Å². The molecule has 0 amide bonds. The van der Waals surface area contributed by atoms with Gasteiger partial charge in [-0.15, -0.1) is 0 Å². The normalized spacial score (nSPS) is 11.4. The number of aromatic nitrogens is 3. The van der Waals surface area contributed by atoms with Gasteiger partial charge in [0.25, 0.3) is 0 Å². The maximum Gasteiger partial charge on any atom is 0.173 e. The number of hydrogen-bond acceptors (Lipinski definition) is 5. The second-order valence-corrected chi connectivity index (χ2v) is 4.65. The summed E-state index contributed by atoms with van der Waals surface area (Å²) in [4.78, 5) is 4.41. The molecule has 0 bridgehead atoms. The number of aryl methyl sites for hydroxylation is 1. The lowest BCUT2D eigenvalue weighted by molar-refractivity contribution is -0.0914. The second kappa shape index (κ2) is 5.64. The summed E-state index contributed by atoms with van der Waals surface area (Å²) in [6.45, 7) is 2.47. The highest BCUT2D eigenvalue weighted by Gasteiger charge is 2.10. The van der Waals surface area contributed by atoms with E-state index in [4.69, 9.17) is 9.47 Å². The molecule has 7 heteroatoms. The fourth-order valence-electron chi connectivity index (χ4n) is 1.63. The highest BCUT2D eigenvalue weighted by atomic mass is 79.9. The molecular weight excluding hydrogens is 300 g/mol. The Morgan fingerprint density at radius 3 is 2.83 bits per heavy atom. The summed E-state index contributed by atoms with van der Waals surface area (Å²) in [6, 6.07) is 1.93. The molecule has 98 valence electrons. The van der Waals surface area contributed by atoms with Crippen LogP contribution in [0.1, 0.15) is 5.69 Å². The summed E-state index contributed by atoms with van der Waals surface area (Å²) >= 11 is 3.42. The SMILES string of the molecule is COC(CNc1cc(C)nc2c(Br)cnn12)OC. The standard InChI is InChI=1S/C11H15BrN4O2/c1-7-4-9(13-6-10(17-2)18-3)16-11(15-7)8(12)5-14-16/h4-5,10,13H,6H2,1-3H3. The first-order valence-electron chi connectivity index (χ1n) is 5.46. The largest absolute Gasteiger partial charge is 0.365 e. The van der Waals surface area contributed by atoms with Gasteiger partial charge in [-0.2, -0.15) is 9.61 Å². The summed E-state index contributed by atoms with van der Waals surface area (Å²) in [7, 11) is 3.21. The Labute approximate surface area is 113 Å². The van der Waals surface area contributed by atoms with Crippen LogP contribution in [-0.2, 0) is 9.47 Å². The van der Waals surface area contributed by atoms with Crippen molar-refractivity contribution in [2.75, 3.05) is 26.1 Å². The van der Waals surface area contributed by atoms with E-state index < -0.39 is 0 Å². The van der Waals surface area contributed by atoms with Crippen LogP contribution in [0.25, 0.3) is 5.65 Å². The molecule has 1 N–H and O–H groups in total. The van der Waals surface area contributed by atoms with Crippen LogP contribution in [0.5, 0.6) is 0 Å². The molecule has 0 spiro atoms. The van der Waals surface area contributed by atoms with Crippen molar-refractivity contribution in [2.24, 2.45) is 0 Å². The molecule has 18 heavy (non-hydrogen) atoms. The van der Waals surface area contributed by atoms with Gasteiger partial charge in [0.1, 0.15) is 5.82 Å². The predicted molar refractivity (Wildman–Crippen MR) is 71.7 cm³/mol. The van der Waals surface area contributed by atoms with Gasteiger partial charge < -0.3 is 14.8 Å². The number of ether oxygens (including phenoxy) is 2. The van der Waals surface area contributed by atoms with Gasteiger partial charge in [-0.3, -0.25) is 0 Å². The first kappa shape index (κ1) is 13.3. The Bertz CT molecular complexity index is 539. The number of rotatable bonds is 5. The molecule has 0 aromatic carbocycles. The molecule has 2 heterocycles. The van der Waals surface area contributed by atoms with Crippen LogP contribution in [0.3, 0.4) is 0 Å². The predicted octanol–water partition coefficient (Wildman–Crippen LogP) is 1.83. The van der Waals surface area contributed by atoms with E-state index in [2.05, 4.69) is 31.3 Å². The first-order chi connectivity index (χ1) is 8.65. The van der Waals surface area contributed by atoms with Crippen LogP contribution in [-0.4, -0.2) is 41.7 Å². The number of anilines is 1. The van der Waals surface area contributed by atoms with Crippen molar-refractivity contribution in [3.63, 3.8) is 0 Å². The molecule has 0 aliphatic rings. The van der Waals surface area contributed by atoms with E-state index >= 15 is 0 Å². The topological polar surface area (TPSA) is 60.7 Å². The molecule has 0 saturated carbocycles. The minimum Gasteiger partial charge on any atom is -0.365 e. The van der Waals surface area contributed by atoms with Crippen molar-refractivity contribution in [1.82, 2.24) is 14.6 Å². The first-order valence-corrected chi connectivity index (χ1v) is 6.25. The van der Waals surface area contributed by atoms with Crippen molar-refractivity contribution in [3.8, 4) is 0 Å². The summed E-state index contributed by atoms with van der Waals surface area (Å²) in [5.74, 6) is 0.849. The van der Waals surface area contributed by atoms with Gasteiger partial charge in [0.15, 0.2) is 11.9 Å². The summed E-state index contributed by atoms with van der Waals surface area (Å²) < 4.78 is 12.9. The number of halogens is 1. The lowest BCUT2D eigenvalue weighted by Crippen LogP contribution is -2.24. The molecule has 0 fully saturated rings. The van der Waals surface area contributed by atoms with Gasteiger partial charge in [-0.05, 0) is 22.9 Å². The molecule has 0 unspecified atom stereocenters. The van der Waals surface area contributed by atoms with Crippen LogP contribution < -0.4 is 5.32 Å². The minimum atomic E-state index is -0.299. The van der Waals surface area contributed by atoms with Gasteiger partial charge >= 0.3 is 0 Å². The Kier molecular flexibility index (Phi) is 4.15. The van der Waals surface area contributed by atoms with Crippen molar-refractivity contribution < 1.29 is 9.47 Å². The Hall–Kier alpha value is -1.18. The molecule has 0 radical (unpaired) electrons. The van der Waals surface area contributed by atoms with Crippen LogP contribution in [0.15, 0.2) is 16.7 Å². The van der Waals surface area contributed by atoms with Gasteiger partial charge in [-0.1, -0.05) is 0 Å². The Morgan fingerprint density at radius 2 is 2.17 bits per heavy atom. The van der Waals surface area contributed by atoms with Crippen LogP contribution in [0.4, 0.5) is 5.82 Å². The number of nitrogens with one attached hydrogen (secondary N) is 1. The van der Waals surface area contributed by atoms with Crippen LogP contribution in [0.2, 0.25) is 0 Å². The number of hydrogen-bond donors (Lipinski definition) is 1. The van der Waals surface area contributed by atoms with E-state index in [-0.39, 0.29) is 6.29 Å². The highest BCUT2D eigenvalue weighted by Crippen LogP contribution is 2.20. The highest BCUT2D eigenvalue weighted by molar-refractivity contribution is 9.10. The van der Waals surface area contributed by atoms with E-state index in [0.717, 1.165) is 21.6 Å². The molecule has 0 aliphatic heterocycles. The van der Waals surface area contributed by atoms with Crippen LogP contribution >= 0.6 is 15.9 Å². The van der Waals surface area contributed by atoms with Crippen molar-refractivity contribution in [3.05, 3.63) is 22.4 Å². The molecule has 2 aromatic rings.